The van der Waals surface area contributed by atoms with Gasteiger partial charge in [0.1, 0.15) is 0 Å². The molecule has 3 aromatic rings. The van der Waals surface area contributed by atoms with Gasteiger partial charge in [-0.05, 0) is 36.8 Å². The summed E-state index contributed by atoms with van der Waals surface area (Å²) in [5, 5.41) is 7.96. The van der Waals surface area contributed by atoms with Crippen LogP contribution in [0.3, 0.4) is 0 Å². The summed E-state index contributed by atoms with van der Waals surface area (Å²) in [6, 6.07) is 15.6. The SMILES string of the molecule is C=CCn1nc(SCC(=O)Nc2cccc(C)c2)nc1-c1ccc(Br)cc1. The molecular weight excluding hydrogens is 424 g/mol. The molecule has 27 heavy (non-hydrogen) atoms. The van der Waals surface area contributed by atoms with Crippen LogP contribution in [-0.2, 0) is 11.3 Å². The lowest BCUT2D eigenvalue weighted by atomic mass is 10.2. The fraction of sp³-hybridized carbons (Fsp3) is 0.150. The van der Waals surface area contributed by atoms with Crippen molar-refractivity contribution in [2.45, 2.75) is 18.6 Å². The van der Waals surface area contributed by atoms with Gasteiger partial charge in [-0.15, -0.1) is 11.7 Å². The van der Waals surface area contributed by atoms with Crippen molar-refractivity contribution in [1.82, 2.24) is 14.8 Å². The number of hydrogen-bond donors (Lipinski definition) is 1. The van der Waals surface area contributed by atoms with E-state index < -0.39 is 0 Å². The first-order valence-electron chi connectivity index (χ1n) is 8.36. The number of aryl methyl sites for hydroxylation is 1. The van der Waals surface area contributed by atoms with E-state index in [0.717, 1.165) is 27.1 Å². The number of anilines is 1. The van der Waals surface area contributed by atoms with Crippen LogP contribution in [0.5, 0.6) is 0 Å². The van der Waals surface area contributed by atoms with E-state index >= 15 is 0 Å². The first kappa shape index (κ1) is 19.4. The summed E-state index contributed by atoms with van der Waals surface area (Å²) in [4.78, 5) is 16.8. The summed E-state index contributed by atoms with van der Waals surface area (Å²) in [6.45, 7) is 6.32. The molecule has 0 atom stereocenters. The Labute approximate surface area is 171 Å². The molecule has 1 amide bonds. The van der Waals surface area contributed by atoms with Crippen molar-refractivity contribution in [3.8, 4) is 11.4 Å². The van der Waals surface area contributed by atoms with Crippen LogP contribution in [0.15, 0.2) is 70.8 Å². The van der Waals surface area contributed by atoms with Gasteiger partial charge >= 0.3 is 0 Å². The second-order valence-electron chi connectivity index (χ2n) is 5.90. The molecule has 7 heteroatoms. The lowest BCUT2D eigenvalue weighted by Crippen LogP contribution is -2.14. The Morgan fingerprint density at radius 3 is 2.78 bits per heavy atom. The largest absolute Gasteiger partial charge is 0.325 e. The Kier molecular flexibility index (Phi) is 6.47. The molecule has 5 nitrogen and oxygen atoms in total. The Bertz CT molecular complexity index is 953. The summed E-state index contributed by atoms with van der Waals surface area (Å²) in [6.07, 6.45) is 1.77. The number of thioether (sulfide) groups is 1. The van der Waals surface area contributed by atoms with Gasteiger partial charge in [-0.25, -0.2) is 9.67 Å². The standard InChI is InChI=1S/C20H19BrN4OS/c1-3-11-25-19(15-7-9-16(21)10-8-15)23-20(24-25)27-13-18(26)22-17-6-4-5-14(2)12-17/h3-10,12H,1,11,13H2,2H3,(H,22,26). The number of rotatable bonds is 7. The zero-order valence-corrected chi connectivity index (χ0v) is 17.3. The van der Waals surface area contributed by atoms with E-state index in [1.807, 2.05) is 55.5 Å². The lowest BCUT2D eigenvalue weighted by Gasteiger charge is -2.04. The van der Waals surface area contributed by atoms with Gasteiger partial charge in [0.05, 0.1) is 12.3 Å². The van der Waals surface area contributed by atoms with Crippen LogP contribution >= 0.6 is 27.7 Å². The highest BCUT2D eigenvalue weighted by atomic mass is 79.9. The van der Waals surface area contributed by atoms with Crippen LogP contribution in [0.1, 0.15) is 5.56 Å². The number of benzene rings is 2. The maximum absolute atomic E-state index is 12.2. The van der Waals surface area contributed by atoms with Crippen LogP contribution in [0.4, 0.5) is 5.69 Å². The predicted molar refractivity (Wildman–Crippen MR) is 114 cm³/mol. The van der Waals surface area contributed by atoms with E-state index in [0.29, 0.717) is 11.7 Å². The third-order valence-electron chi connectivity index (χ3n) is 3.69. The van der Waals surface area contributed by atoms with E-state index in [-0.39, 0.29) is 11.7 Å². The molecule has 0 aliphatic carbocycles. The summed E-state index contributed by atoms with van der Waals surface area (Å²) in [5.74, 6) is 0.908. The third kappa shape index (κ3) is 5.30. The van der Waals surface area contributed by atoms with Crippen molar-refractivity contribution in [2.24, 2.45) is 0 Å². The van der Waals surface area contributed by atoms with E-state index in [1.54, 1.807) is 10.8 Å². The molecule has 3 rings (SSSR count). The van der Waals surface area contributed by atoms with E-state index in [2.05, 4.69) is 37.9 Å². The topological polar surface area (TPSA) is 59.8 Å². The highest BCUT2D eigenvalue weighted by molar-refractivity contribution is 9.10. The highest BCUT2D eigenvalue weighted by Crippen LogP contribution is 2.24. The molecule has 0 aliphatic rings. The van der Waals surface area contributed by atoms with Crippen molar-refractivity contribution in [1.29, 1.82) is 0 Å². The zero-order chi connectivity index (χ0) is 19.2. The van der Waals surface area contributed by atoms with Crippen molar-refractivity contribution < 1.29 is 4.79 Å². The van der Waals surface area contributed by atoms with Crippen LogP contribution in [0.2, 0.25) is 0 Å². The molecule has 1 N–H and O–H groups in total. The third-order valence-corrected chi connectivity index (χ3v) is 5.06. The highest BCUT2D eigenvalue weighted by Gasteiger charge is 2.13. The maximum atomic E-state index is 12.2. The van der Waals surface area contributed by atoms with Crippen LogP contribution in [0.25, 0.3) is 11.4 Å². The van der Waals surface area contributed by atoms with Crippen molar-refractivity contribution in [3.63, 3.8) is 0 Å². The first-order chi connectivity index (χ1) is 13.0. The van der Waals surface area contributed by atoms with Gasteiger partial charge < -0.3 is 5.32 Å². The summed E-state index contributed by atoms with van der Waals surface area (Å²) >= 11 is 4.75. The number of hydrogen-bond acceptors (Lipinski definition) is 4. The van der Waals surface area contributed by atoms with Gasteiger partial charge in [0.15, 0.2) is 5.82 Å². The molecule has 0 fully saturated rings. The molecule has 0 saturated carbocycles. The van der Waals surface area contributed by atoms with Gasteiger partial charge in [0.2, 0.25) is 11.1 Å². The van der Waals surface area contributed by atoms with Crippen LogP contribution < -0.4 is 5.32 Å². The number of aromatic nitrogens is 3. The number of halogens is 1. The minimum atomic E-state index is -0.0872. The molecule has 138 valence electrons. The molecule has 0 saturated heterocycles. The Balaban J connectivity index is 1.69. The molecule has 0 spiro atoms. The fourth-order valence-corrected chi connectivity index (χ4v) is 3.40. The number of carbonyl (C=O) groups is 1. The van der Waals surface area contributed by atoms with Crippen LogP contribution in [-0.4, -0.2) is 26.4 Å². The fourth-order valence-electron chi connectivity index (χ4n) is 2.49. The van der Waals surface area contributed by atoms with Crippen LogP contribution in [0, 0.1) is 6.92 Å². The molecule has 1 heterocycles. The molecule has 0 aliphatic heterocycles. The molecule has 2 aromatic carbocycles. The van der Waals surface area contributed by atoms with Gasteiger partial charge in [-0.2, -0.15) is 0 Å². The Morgan fingerprint density at radius 2 is 2.07 bits per heavy atom. The number of amides is 1. The monoisotopic (exact) mass is 442 g/mol. The second kappa shape index (κ2) is 9.01. The smallest absolute Gasteiger partial charge is 0.234 e. The molecular formula is C20H19BrN4OS. The number of carbonyl (C=O) groups excluding carboxylic acids is 1. The van der Waals surface area contributed by atoms with E-state index in [4.69, 9.17) is 0 Å². The average Bonchev–Trinajstić information content (AvgIpc) is 3.04. The number of nitrogens with one attached hydrogen (secondary N) is 1. The van der Waals surface area contributed by atoms with E-state index in [9.17, 15) is 4.79 Å². The minimum Gasteiger partial charge on any atom is -0.325 e. The minimum absolute atomic E-state index is 0.0872. The van der Waals surface area contributed by atoms with Crippen molar-refractivity contribution in [3.05, 3.63) is 71.2 Å². The van der Waals surface area contributed by atoms with Gasteiger partial charge in [-0.1, -0.05) is 58.0 Å². The van der Waals surface area contributed by atoms with Gasteiger partial charge in [0, 0.05) is 15.7 Å². The molecule has 0 bridgehead atoms. The summed E-state index contributed by atoms with van der Waals surface area (Å²) in [7, 11) is 0. The molecule has 0 radical (unpaired) electrons. The first-order valence-corrected chi connectivity index (χ1v) is 10.1. The quantitative estimate of drug-likeness (QED) is 0.416. The predicted octanol–water partition coefficient (Wildman–Crippen LogP) is 4.93. The summed E-state index contributed by atoms with van der Waals surface area (Å²) in [5.41, 5.74) is 2.86. The Hall–Kier alpha value is -2.38. The van der Waals surface area contributed by atoms with Crippen molar-refractivity contribution in [2.75, 3.05) is 11.1 Å². The molecule has 1 aromatic heterocycles. The molecule has 0 unspecified atom stereocenters. The normalized spacial score (nSPS) is 10.6. The van der Waals surface area contributed by atoms with E-state index in [1.165, 1.54) is 11.8 Å². The average molecular weight is 443 g/mol. The number of allylic oxidation sites excluding steroid dienone is 1. The summed E-state index contributed by atoms with van der Waals surface area (Å²) < 4.78 is 2.79. The maximum Gasteiger partial charge on any atom is 0.234 e. The van der Waals surface area contributed by atoms with Gasteiger partial charge in [-0.3, -0.25) is 4.79 Å². The number of nitrogens with zero attached hydrogens (tertiary/aromatic N) is 3. The lowest BCUT2D eigenvalue weighted by molar-refractivity contribution is -0.113. The second-order valence-corrected chi connectivity index (χ2v) is 7.76. The zero-order valence-electron chi connectivity index (χ0n) is 14.9. The van der Waals surface area contributed by atoms with Gasteiger partial charge in [0.25, 0.3) is 0 Å². The van der Waals surface area contributed by atoms with Crippen molar-refractivity contribution >= 4 is 39.3 Å². The Morgan fingerprint density at radius 1 is 1.30 bits per heavy atom.